The van der Waals surface area contributed by atoms with Crippen molar-refractivity contribution >= 4 is 16.1 Å². The molecule has 0 radical (unpaired) electrons. The number of carbonyl (C=O) groups excluding carboxylic acids is 1. The van der Waals surface area contributed by atoms with Crippen molar-refractivity contribution in [3.8, 4) is 5.75 Å². The number of hydrogen-bond acceptors (Lipinski definition) is 5. The molecule has 0 saturated carbocycles. The van der Waals surface area contributed by atoms with E-state index in [1.165, 1.54) is 31.4 Å². The van der Waals surface area contributed by atoms with Crippen LogP contribution in [0.3, 0.4) is 0 Å². The molecule has 0 N–H and O–H groups in total. The smallest absolute Gasteiger partial charge is 0.341 e. The van der Waals surface area contributed by atoms with Gasteiger partial charge in [-0.1, -0.05) is 0 Å². The molecule has 0 aliphatic rings. The molecule has 0 spiro atoms. The normalized spacial score (nSPS) is 10.8. The molecule has 0 saturated heterocycles. The molecule has 0 unspecified atom stereocenters. The van der Waals surface area contributed by atoms with Crippen molar-refractivity contribution in [2.45, 2.75) is 11.8 Å². The Hall–Kier alpha value is -1.56. The first kappa shape index (κ1) is 11.5. The van der Waals surface area contributed by atoms with Crippen molar-refractivity contribution in [3.63, 3.8) is 0 Å². The van der Waals surface area contributed by atoms with E-state index in [-0.39, 0.29) is 4.90 Å². The van der Waals surface area contributed by atoms with Crippen LogP contribution < -0.4 is 4.74 Å². The van der Waals surface area contributed by atoms with Gasteiger partial charge < -0.3 is 8.92 Å². The van der Waals surface area contributed by atoms with Gasteiger partial charge in [0.2, 0.25) is 0 Å². The Morgan fingerprint density at radius 3 is 2.13 bits per heavy atom. The highest BCUT2D eigenvalue weighted by atomic mass is 32.2. The van der Waals surface area contributed by atoms with Gasteiger partial charge in [0.25, 0.3) is 0 Å². The fraction of sp³-hybridized carbons (Fsp3) is 0.222. The number of benzene rings is 1. The van der Waals surface area contributed by atoms with Crippen molar-refractivity contribution in [1.29, 1.82) is 0 Å². The molecule has 1 aromatic rings. The summed E-state index contributed by atoms with van der Waals surface area (Å²) in [6.07, 6.45) is 0. The topological polar surface area (TPSA) is 69.7 Å². The molecule has 0 atom stereocenters. The van der Waals surface area contributed by atoms with Gasteiger partial charge in [-0.25, -0.2) is 0 Å². The third-order valence-corrected chi connectivity index (χ3v) is 2.88. The third kappa shape index (κ3) is 2.95. The fourth-order valence-corrected chi connectivity index (χ4v) is 1.82. The van der Waals surface area contributed by atoms with Crippen molar-refractivity contribution in [1.82, 2.24) is 0 Å². The second-order valence-electron chi connectivity index (χ2n) is 2.70. The summed E-state index contributed by atoms with van der Waals surface area (Å²) in [5, 5.41) is 0. The van der Waals surface area contributed by atoms with E-state index in [1.54, 1.807) is 0 Å². The average molecular weight is 230 g/mol. The third-order valence-electron chi connectivity index (χ3n) is 1.58. The molecule has 15 heavy (non-hydrogen) atoms. The minimum absolute atomic E-state index is 0.0847. The molecule has 82 valence electrons. The predicted molar refractivity (Wildman–Crippen MR) is 51.9 cm³/mol. The SMILES string of the molecule is COc1ccc(S(=O)(=O)OC(C)=O)cc1. The fourth-order valence-electron chi connectivity index (χ4n) is 0.945. The molecule has 0 heterocycles. The summed E-state index contributed by atoms with van der Waals surface area (Å²) in [6, 6.07) is 5.54. The van der Waals surface area contributed by atoms with Crippen molar-refractivity contribution in [3.05, 3.63) is 24.3 Å². The Morgan fingerprint density at radius 1 is 1.20 bits per heavy atom. The number of rotatable bonds is 3. The molecule has 0 aliphatic carbocycles. The molecule has 6 heteroatoms. The van der Waals surface area contributed by atoms with Gasteiger partial charge in [-0.2, -0.15) is 8.42 Å². The van der Waals surface area contributed by atoms with Crippen LogP contribution in [0.2, 0.25) is 0 Å². The van der Waals surface area contributed by atoms with Crippen molar-refractivity contribution < 1.29 is 22.1 Å². The molecule has 1 aromatic carbocycles. The van der Waals surface area contributed by atoms with Gasteiger partial charge in [-0.05, 0) is 24.3 Å². The summed E-state index contributed by atoms with van der Waals surface area (Å²) in [4.78, 5) is 10.4. The van der Waals surface area contributed by atoms with E-state index in [0.717, 1.165) is 6.92 Å². The van der Waals surface area contributed by atoms with Crippen molar-refractivity contribution in [2.75, 3.05) is 7.11 Å². The van der Waals surface area contributed by atoms with Gasteiger partial charge in [0, 0.05) is 6.92 Å². The minimum Gasteiger partial charge on any atom is -0.497 e. The molecule has 0 aromatic heterocycles. The maximum Gasteiger partial charge on any atom is 0.341 e. The molecule has 0 amide bonds. The summed E-state index contributed by atoms with van der Waals surface area (Å²) in [6.45, 7) is 1.03. The number of hydrogen-bond donors (Lipinski definition) is 0. The molecule has 0 aliphatic heterocycles. The second kappa shape index (κ2) is 4.31. The van der Waals surface area contributed by atoms with Crippen LogP contribution in [-0.2, 0) is 19.1 Å². The number of carbonyl (C=O) groups is 1. The van der Waals surface area contributed by atoms with Crippen LogP contribution in [0.25, 0.3) is 0 Å². The quantitative estimate of drug-likeness (QED) is 0.723. The molecule has 5 nitrogen and oxygen atoms in total. The van der Waals surface area contributed by atoms with Gasteiger partial charge in [0.15, 0.2) is 0 Å². The maximum atomic E-state index is 11.4. The van der Waals surface area contributed by atoms with Gasteiger partial charge in [0.1, 0.15) is 10.6 Å². The summed E-state index contributed by atoms with van der Waals surface area (Å²) >= 11 is 0. The Bertz CT molecular complexity index is 446. The van der Waals surface area contributed by atoms with Crippen LogP contribution >= 0.6 is 0 Å². The first-order chi connectivity index (χ1) is 6.95. The zero-order valence-corrected chi connectivity index (χ0v) is 9.08. The van der Waals surface area contributed by atoms with E-state index in [2.05, 4.69) is 4.18 Å². The lowest BCUT2D eigenvalue weighted by Gasteiger charge is -2.04. The largest absolute Gasteiger partial charge is 0.497 e. The molecular weight excluding hydrogens is 220 g/mol. The average Bonchev–Trinajstić information content (AvgIpc) is 2.16. The molecule has 1 rings (SSSR count). The highest BCUT2D eigenvalue weighted by Gasteiger charge is 2.17. The van der Waals surface area contributed by atoms with Gasteiger partial charge in [-0.3, -0.25) is 4.79 Å². The Morgan fingerprint density at radius 2 is 1.73 bits per heavy atom. The molecular formula is C9H10O5S. The Balaban J connectivity index is 3.01. The molecule has 0 fully saturated rings. The predicted octanol–water partition coefficient (Wildman–Crippen LogP) is 0.947. The van der Waals surface area contributed by atoms with Crippen LogP contribution in [-0.4, -0.2) is 21.5 Å². The maximum absolute atomic E-state index is 11.4. The van der Waals surface area contributed by atoms with Crippen molar-refractivity contribution in [2.24, 2.45) is 0 Å². The highest BCUT2D eigenvalue weighted by Crippen LogP contribution is 2.17. The number of methoxy groups -OCH3 is 1. The van der Waals surface area contributed by atoms with E-state index in [4.69, 9.17) is 4.74 Å². The van der Waals surface area contributed by atoms with Crippen LogP contribution in [0.4, 0.5) is 0 Å². The summed E-state index contributed by atoms with van der Waals surface area (Å²) in [7, 11) is -2.52. The minimum atomic E-state index is -3.99. The first-order valence-electron chi connectivity index (χ1n) is 4.05. The monoisotopic (exact) mass is 230 g/mol. The van der Waals surface area contributed by atoms with E-state index in [1.807, 2.05) is 0 Å². The summed E-state index contributed by atoms with van der Waals surface area (Å²) in [5.41, 5.74) is 0. The van der Waals surface area contributed by atoms with Crippen LogP contribution in [0, 0.1) is 0 Å². The Labute approximate surface area is 87.7 Å². The highest BCUT2D eigenvalue weighted by molar-refractivity contribution is 7.87. The lowest BCUT2D eigenvalue weighted by molar-refractivity contribution is -0.131. The lowest BCUT2D eigenvalue weighted by Crippen LogP contribution is -2.10. The zero-order valence-electron chi connectivity index (χ0n) is 8.26. The first-order valence-corrected chi connectivity index (χ1v) is 5.45. The van der Waals surface area contributed by atoms with Gasteiger partial charge >= 0.3 is 16.1 Å². The van der Waals surface area contributed by atoms with E-state index >= 15 is 0 Å². The summed E-state index contributed by atoms with van der Waals surface area (Å²) in [5.74, 6) is -0.345. The van der Waals surface area contributed by atoms with Crippen LogP contribution in [0.15, 0.2) is 29.2 Å². The standard InChI is InChI=1S/C9H10O5S/c1-7(10)14-15(11,12)9-5-3-8(13-2)4-6-9/h3-6H,1-2H3. The molecule has 0 bridgehead atoms. The van der Waals surface area contributed by atoms with E-state index < -0.39 is 16.1 Å². The lowest BCUT2D eigenvalue weighted by atomic mass is 10.3. The van der Waals surface area contributed by atoms with Gasteiger partial charge in [0.05, 0.1) is 7.11 Å². The number of ether oxygens (including phenoxy) is 1. The van der Waals surface area contributed by atoms with Crippen LogP contribution in [0.1, 0.15) is 6.92 Å². The van der Waals surface area contributed by atoms with Crippen LogP contribution in [0.5, 0.6) is 5.75 Å². The Kier molecular flexibility index (Phi) is 3.31. The van der Waals surface area contributed by atoms with Gasteiger partial charge in [-0.15, -0.1) is 0 Å². The van der Waals surface area contributed by atoms with E-state index in [0.29, 0.717) is 5.75 Å². The zero-order chi connectivity index (χ0) is 11.5. The van der Waals surface area contributed by atoms with E-state index in [9.17, 15) is 13.2 Å². The summed E-state index contributed by atoms with van der Waals surface area (Å²) < 4.78 is 31.8. The second-order valence-corrected chi connectivity index (χ2v) is 4.25.